The summed E-state index contributed by atoms with van der Waals surface area (Å²) in [6.07, 6.45) is 2.08. The smallest absolute Gasteiger partial charge is 0.0457 e. The molecule has 2 N–H and O–H groups in total. The van der Waals surface area contributed by atoms with Crippen LogP contribution in [0.15, 0.2) is 48.7 Å². The van der Waals surface area contributed by atoms with Crippen molar-refractivity contribution >= 4 is 22.3 Å². The first kappa shape index (κ1) is 13.6. The molecule has 3 nitrogen and oxygen atoms in total. The zero-order chi connectivity index (χ0) is 14.8. The van der Waals surface area contributed by atoms with E-state index in [1.165, 1.54) is 27.7 Å². The van der Waals surface area contributed by atoms with Gasteiger partial charge in [-0.1, -0.05) is 24.3 Å². The van der Waals surface area contributed by atoms with E-state index in [1.54, 1.807) is 0 Å². The number of aromatic amines is 1. The minimum absolute atomic E-state index is 0.819. The Balaban J connectivity index is 1.80. The summed E-state index contributed by atoms with van der Waals surface area (Å²) in [5.74, 6) is 0. The van der Waals surface area contributed by atoms with E-state index in [9.17, 15) is 0 Å². The quantitative estimate of drug-likeness (QED) is 0.751. The molecule has 108 valence electrons. The largest absolute Gasteiger partial charge is 0.381 e. The lowest BCUT2D eigenvalue weighted by Gasteiger charge is -2.17. The van der Waals surface area contributed by atoms with E-state index >= 15 is 0 Å². The van der Waals surface area contributed by atoms with Crippen LogP contribution in [0, 0.1) is 6.92 Å². The second kappa shape index (κ2) is 5.52. The number of fused-ring (bicyclic) bond motifs is 1. The second-order valence-electron chi connectivity index (χ2n) is 5.61. The van der Waals surface area contributed by atoms with Crippen LogP contribution >= 0.6 is 0 Å². The lowest BCUT2D eigenvalue weighted by atomic mass is 10.1. The predicted octanol–water partition coefficient (Wildman–Crippen LogP) is 4.15. The van der Waals surface area contributed by atoms with Crippen molar-refractivity contribution in [2.45, 2.75) is 13.5 Å². The molecule has 0 saturated carbocycles. The SMILES string of the molecule is Cc1ccc(NCc2c[nH]c3ccccc23)cc1N(C)C. The molecule has 0 bridgehead atoms. The van der Waals surface area contributed by atoms with Gasteiger partial charge in [0, 0.05) is 49.1 Å². The van der Waals surface area contributed by atoms with Gasteiger partial charge in [-0.05, 0) is 36.2 Å². The van der Waals surface area contributed by atoms with Gasteiger partial charge in [0.15, 0.2) is 0 Å². The first-order valence-electron chi connectivity index (χ1n) is 7.22. The van der Waals surface area contributed by atoms with Gasteiger partial charge in [0.1, 0.15) is 0 Å². The lowest BCUT2D eigenvalue weighted by molar-refractivity contribution is 1.11. The number of benzene rings is 2. The fraction of sp³-hybridized carbons (Fsp3) is 0.222. The van der Waals surface area contributed by atoms with Crippen molar-refractivity contribution in [1.29, 1.82) is 0 Å². The zero-order valence-corrected chi connectivity index (χ0v) is 12.8. The molecule has 0 spiro atoms. The summed E-state index contributed by atoms with van der Waals surface area (Å²) in [5, 5.41) is 4.80. The van der Waals surface area contributed by atoms with Crippen LogP contribution < -0.4 is 10.2 Å². The van der Waals surface area contributed by atoms with Crippen molar-refractivity contribution in [3.05, 3.63) is 59.8 Å². The molecule has 0 aliphatic carbocycles. The van der Waals surface area contributed by atoms with Crippen LogP contribution in [-0.4, -0.2) is 19.1 Å². The number of rotatable bonds is 4. The van der Waals surface area contributed by atoms with Crippen molar-refractivity contribution in [1.82, 2.24) is 4.98 Å². The Labute approximate surface area is 125 Å². The highest BCUT2D eigenvalue weighted by Gasteiger charge is 2.05. The molecule has 0 aliphatic heterocycles. The number of nitrogens with one attached hydrogen (secondary N) is 2. The predicted molar refractivity (Wildman–Crippen MR) is 91.1 cm³/mol. The molecule has 0 unspecified atom stereocenters. The van der Waals surface area contributed by atoms with Gasteiger partial charge < -0.3 is 15.2 Å². The van der Waals surface area contributed by atoms with Gasteiger partial charge in [0.2, 0.25) is 0 Å². The third-order valence-corrected chi connectivity index (χ3v) is 3.85. The van der Waals surface area contributed by atoms with Gasteiger partial charge in [-0.15, -0.1) is 0 Å². The fourth-order valence-corrected chi connectivity index (χ4v) is 2.68. The van der Waals surface area contributed by atoms with E-state index in [1.807, 2.05) is 0 Å². The molecule has 2 aromatic carbocycles. The van der Waals surface area contributed by atoms with Gasteiger partial charge >= 0.3 is 0 Å². The summed E-state index contributed by atoms with van der Waals surface area (Å²) in [4.78, 5) is 5.46. The number of aromatic nitrogens is 1. The third kappa shape index (κ3) is 2.72. The highest BCUT2D eigenvalue weighted by Crippen LogP contribution is 2.24. The molecule has 0 fully saturated rings. The Hall–Kier alpha value is -2.42. The number of para-hydroxylation sites is 1. The standard InChI is InChI=1S/C18H21N3/c1-13-8-9-15(10-18(13)21(2)3)19-11-14-12-20-17-7-5-4-6-16(14)17/h4-10,12,19-20H,11H2,1-3H3. The molecule has 3 aromatic rings. The van der Waals surface area contributed by atoms with Crippen molar-refractivity contribution in [3.63, 3.8) is 0 Å². The average Bonchev–Trinajstić information content (AvgIpc) is 2.89. The second-order valence-corrected chi connectivity index (χ2v) is 5.61. The minimum Gasteiger partial charge on any atom is -0.381 e. The summed E-state index contributed by atoms with van der Waals surface area (Å²) < 4.78 is 0. The van der Waals surface area contributed by atoms with E-state index in [-0.39, 0.29) is 0 Å². The molecule has 3 heteroatoms. The van der Waals surface area contributed by atoms with Gasteiger partial charge in [0.05, 0.1) is 0 Å². The first-order chi connectivity index (χ1) is 10.1. The maximum Gasteiger partial charge on any atom is 0.0457 e. The van der Waals surface area contributed by atoms with Crippen LogP contribution in [0.3, 0.4) is 0 Å². The van der Waals surface area contributed by atoms with E-state index < -0.39 is 0 Å². The van der Waals surface area contributed by atoms with Crippen molar-refractivity contribution < 1.29 is 0 Å². The lowest BCUT2D eigenvalue weighted by Crippen LogP contribution is -2.10. The Kier molecular flexibility index (Phi) is 3.57. The molecule has 0 saturated heterocycles. The van der Waals surface area contributed by atoms with E-state index in [0.717, 1.165) is 12.2 Å². The molecule has 3 rings (SSSR count). The van der Waals surface area contributed by atoms with Gasteiger partial charge in [-0.25, -0.2) is 0 Å². The Morgan fingerprint density at radius 1 is 1.10 bits per heavy atom. The van der Waals surface area contributed by atoms with E-state index in [0.29, 0.717) is 0 Å². The maximum absolute atomic E-state index is 3.52. The van der Waals surface area contributed by atoms with Gasteiger partial charge in [-0.3, -0.25) is 0 Å². The highest BCUT2D eigenvalue weighted by atomic mass is 15.1. The third-order valence-electron chi connectivity index (χ3n) is 3.85. The number of anilines is 2. The maximum atomic E-state index is 3.52. The molecule has 1 aromatic heterocycles. The molecule has 0 atom stereocenters. The first-order valence-corrected chi connectivity index (χ1v) is 7.22. The fourth-order valence-electron chi connectivity index (χ4n) is 2.68. The Morgan fingerprint density at radius 2 is 1.90 bits per heavy atom. The monoisotopic (exact) mass is 279 g/mol. The summed E-state index contributed by atoms with van der Waals surface area (Å²) in [5.41, 5.74) is 6.16. The number of aryl methyl sites for hydroxylation is 1. The number of hydrogen-bond acceptors (Lipinski definition) is 2. The normalized spacial score (nSPS) is 10.8. The van der Waals surface area contributed by atoms with Crippen LogP contribution in [-0.2, 0) is 6.54 Å². The molecule has 0 aliphatic rings. The summed E-state index contributed by atoms with van der Waals surface area (Å²) in [6.45, 7) is 2.96. The number of H-pyrrole nitrogens is 1. The van der Waals surface area contributed by atoms with Crippen LogP contribution in [0.5, 0.6) is 0 Å². The number of hydrogen-bond donors (Lipinski definition) is 2. The average molecular weight is 279 g/mol. The highest BCUT2D eigenvalue weighted by molar-refractivity contribution is 5.83. The topological polar surface area (TPSA) is 31.1 Å². The molecule has 0 radical (unpaired) electrons. The molecular weight excluding hydrogens is 258 g/mol. The van der Waals surface area contributed by atoms with Gasteiger partial charge in [-0.2, -0.15) is 0 Å². The van der Waals surface area contributed by atoms with Crippen molar-refractivity contribution in [2.75, 3.05) is 24.3 Å². The van der Waals surface area contributed by atoms with Crippen molar-refractivity contribution in [3.8, 4) is 0 Å². The molecule has 1 heterocycles. The van der Waals surface area contributed by atoms with Crippen LogP contribution in [0.2, 0.25) is 0 Å². The summed E-state index contributed by atoms with van der Waals surface area (Å²) >= 11 is 0. The minimum atomic E-state index is 0.819. The van der Waals surface area contributed by atoms with Crippen molar-refractivity contribution in [2.24, 2.45) is 0 Å². The van der Waals surface area contributed by atoms with E-state index in [2.05, 4.69) is 84.9 Å². The summed E-state index contributed by atoms with van der Waals surface area (Å²) in [6, 6.07) is 14.9. The van der Waals surface area contributed by atoms with E-state index in [4.69, 9.17) is 0 Å². The molecule has 0 amide bonds. The molecule has 21 heavy (non-hydrogen) atoms. The Morgan fingerprint density at radius 3 is 2.71 bits per heavy atom. The molecular formula is C18H21N3. The van der Waals surface area contributed by atoms with Crippen LogP contribution in [0.1, 0.15) is 11.1 Å². The summed E-state index contributed by atoms with van der Waals surface area (Å²) in [7, 11) is 4.15. The van der Waals surface area contributed by atoms with Crippen LogP contribution in [0.25, 0.3) is 10.9 Å². The Bertz CT molecular complexity index is 756. The number of nitrogens with zero attached hydrogens (tertiary/aromatic N) is 1. The van der Waals surface area contributed by atoms with Crippen LogP contribution in [0.4, 0.5) is 11.4 Å². The zero-order valence-electron chi connectivity index (χ0n) is 12.8. The van der Waals surface area contributed by atoms with Gasteiger partial charge in [0.25, 0.3) is 0 Å².